The van der Waals surface area contributed by atoms with Crippen LogP contribution in [-0.4, -0.2) is 31.0 Å². The molecule has 0 radical (unpaired) electrons. The number of fused-ring (bicyclic) bond motifs is 1. The number of aromatic nitrogens is 5. The van der Waals surface area contributed by atoms with Gasteiger partial charge in [-0.1, -0.05) is 25.1 Å². The van der Waals surface area contributed by atoms with Crippen LogP contribution in [-0.2, 0) is 19.3 Å². The molecule has 0 fully saturated rings. The van der Waals surface area contributed by atoms with Crippen LogP contribution in [0.3, 0.4) is 0 Å². The number of imidazole rings is 1. The first-order valence-corrected chi connectivity index (χ1v) is 10.2. The Balaban J connectivity index is 1.62. The summed E-state index contributed by atoms with van der Waals surface area (Å²) in [7, 11) is 0. The van der Waals surface area contributed by atoms with Crippen molar-refractivity contribution in [3.05, 3.63) is 71.8 Å². The minimum absolute atomic E-state index is 0.334. The maximum absolute atomic E-state index is 12.8. The first-order valence-electron chi connectivity index (χ1n) is 10.2. The van der Waals surface area contributed by atoms with Gasteiger partial charge in [0.05, 0.1) is 18.4 Å². The Kier molecular flexibility index (Phi) is 6.20. The van der Waals surface area contributed by atoms with E-state index in [0.717, 1.165) is 30.7 Å². The average molecular weight is 441 g/mol. The minimum Gasteiger partial charge on any atom is -0.368 e. The van der Waals surface area contributed by atoms with Crippen molar-refractivity contribution in [3.8, 4) is 0 Å². The molecule has 0 aliphatic rings. The molecule has 0 saturated carbocycles. The number of hydrogen-bond donors (Lipinski definition) is 2. The largest absolute Gasteiger partial charge is 0.416 e. The standard InChI is InChI=1S/C22H22F3N7/c1-2-9-27-19-18-20(31-21(30-19)28-12-16-4-3-10-26-11-16)32(14-29-18)13-15-5-7-17(8-6-15)22(23,24)25/h3-8,10-11,14H,2,9,12-13H2,1H3,(H2,27,28,30,31). The fourth-order valence-electron chi connectivity index (χ4n) is 3.19. The summed E-state index contributed by atoms with van der Waals surface area (Å²) >= 11 is 0. The van der Waals surface area contributed by atoms with Gasteiger partial charge in [0.25, 0.3) is 0 Å². The number of halogens is 3. The number of nitrogens with one attached hydrogen (secondary N) is 2. The van der Waals surface area contributed by atoms with Gasteiger partial charge in [-0.3, -0.25) is 4.98 Å². The lowest BCUT2D eigenvalue weighted by Crippen LogP contribution is -2.10. The molecule has 3 aromatic heterocycles. The van der Waals surface area contributed by atoms with E-state index < -0.39 is 11.7 Å². The number of anilines is 2. The lowest BCUT2D eigenvalue weighted by atomic mass is 10.1. The molecule has 3 heterocycles. The Morgan fingerprint density at radius 3 is 2.50 bits per heavy atom. The van der Waals surface area contributed by atoms with E-state index in [1.54, 1.807) is 23.3 Å². The Bertz CT molecular complexity index is 1170. The van der Waals surface area contributed by atoms with Crippen molar-refractivity contribution >= 4 is 22.9 Å². The zero-order chi connectivity index (χ0) is 22.6. The van der Waals surface area contributed by atoms with Crippen molar-refractivity contribution in [1.82, 2.24) is 24.5 Å². The van der Waals surface area contributed by atoms with Crippen LogP contribution in [0.25, 0.3) is 11.2 Å². The van der Waals surface area contributed by atoms with E-state index in [-0.39, 0.29) is 0 Å². The Morgan fingerprint density at radius 2 is 1.81 bits per heavy atom. The van der Waals surface area contributed by atoms with Gasteiger partial charge in [-0.15, -0.1) is 0 Å². The monoisotopic (exact) mass is 441 g/mol. The molecule has 0 unspecified atom stereocenters. The third-order valence-corrected chi connectivity index (χ3v) is 4.81. The second kappa shape index (κ2) is 9.21. The van der Waals surface area contributed by atoms with Gasteiger partial charge in [0.2, 0.25) is 5.95 Å². The number of benzene rings is 1. The second-order valence-electron chi connectivity index (χ2n) is 7.28. The molecule has 0 spiro atoms. The van der Waals surface area contributed by atoms with E-state index in [4.69, 9.17) is 0 Å². The summed E-state index contributed by atoms with van der Waals surface area (Å²) in [5, 5.41) is 6.48. The van der Waals surface area contributed by atoms with Crippen molar-refractivity contribution in [1.29, 1.82) is 0 Å². The maximum Gasteiger partial charge on any atom is 0.416 e. The third-order valence-electron chi connectivity index (χ3n) is 4.81. The van der Waals surface area contributed by atoms with E-state index in [0.29, 0.717) is 41.6 Å². The fraction of sp³-hybridized carbons (Fsp3) is 0.273. The van der Waals surface area contributed by atoms with Gasteiger partial charge in [-0.25, -0.2) is 4.98 Å². The minimum atomic E-state index is -4.36. The number of alkyl halides is 3. The topological polar surface area (TPSA) is 80.6 Å². The highest BCUT2D eigenvalue weighted by Crippen LogP contribution is 2.29. The summed E-state index contributed by atoms with van der Waals surface area (Å²) in [4.78, 5) is 17.7. The molecule has 0 atom stereocenters. The van der Waals surface area contributed by atoms with Crippen LogP contribution in [0.5, 0.6) is 0 Å². The Labute approximate surface area is 182 Å². The van der Waals surface area contributed by atoms with Gasteiger partial charge < -0.3 is 15.2 Å². The van der Waals surface area contributed by atoms with Gasteiger partial charge in [0.15, 0.2) is 17.0 Å². The van der Waals surface area contributed by atoms with Crippen LogP contribution in [0.15, 0.2) is 55.1 Å². The highest BCUT2D eigenvalue weighted by Gasteiger charge is 2.29. The summed E-state index contributed by atoms with van der Waals surface area (Å²) < 4.78 is 40.3. The van der Waals surface area contributed by atoms with E-state index >= 15 is 0 Å². The summed E-state index contributed by atoms with van der Waals surface area (Å²) in [6.45, 7) is 3.61. The average Bonchev–Trinajstić information content (AvgIpc) is 3.19. The molecular weight excluding hydrogens is 419 g/mol. The molecule has 4 aromatic rings. The lowest BCUT2D eigenvalue weighted by Gasteiger charge is -2.11. The molecule has 0 aliphatic heterocycles. The smallest absolute Gasteiger partial charge is 0.368 e. The predicted octanol–water partition coefficient (Wildman–Crippen LogP) is 4.72. The summed E-state index contributed by atoms with van der Waals surface area (Å²) in [6, 6.07) is 8.90. The normalized spacial score (nSPS) is 11.6. The maximum atomic E-state index is 12.8. The molecule has 2 N–H and O–H groups in total. The number of hydrogen-bond acceptors (Lipinski definition) is 6. The van der Waals surface area contributed by atoms with E-state index in [1.165, 1.54) is 12.1 Å². The van der Waals surface area contributed by atoms with Gasteiger partial charge >= 0.3 is 6.18 Å². The number of pyridine rings is 1. The summed E-state index contributed by atoms with van der Waals surface area (Å²) in [6.07, 6.45) is 1.65. The van der Waals surface area contributed by atoms with Crippen LogP contribution in [0.2, 0.25) is 0 Å². The molecule has 32 heavy (non-hydrogen) atoms. The highest BCUT2D eigenvalue weighted by atomic mass is 19.4. The zero-order valence-electron chi connectivity index (χ0n) is 17.4. The molecule has 0 aliphatic carbocycles. The molecule has 0 bridgehead atoms. The number of nitrogens with zero attached hydrogens (tertiary/aromatic N) is 5. The Morgan fingerprint density at radius 1 is 1.00 bits per heavy atom. The molecule has 0 amide bonds. The number of rotatable bonds is 8. The quantitative estimate of drug-likeness (QED) is 0.412. The lowest BCUT2D eigenvalue weighted by molar-refractivity contribution is -0.137. The first-order chi connectivity index (χ1) is 15.4. The van der Waals surface area contributed by atoms with Crippen molar-refractivity contribution < 1.29 is 13.2 Å². The molecule has 10 heteroatoms. The van der Waals surface area contributed by atoms with E-state index in [1.807, 2.05) is 12.1 Å². The fourth-order valence-corrected chi connectivity index (χ4v) is 3.19. The molecule has 166 valence electrons. The molecule has 0 saturated heterocycles. The van der Waals surface area contributed by atoms with Gasteiger partial charge in [0.1, 0.15) is 0 Å². The molecule has 4 rings (SSSR count). The van der Waals surface area contributed by atoms with Gasteiger partial charge in [0, 0.05) is 25.5 Å². The van der Waals surface area contributed by atoms with Crippen molar-refractivity contribution in [3.63, 3.8) is 0 Å². The Hall–Kier alpha value is -3.69. The first kappa shape index (κ1) is 21.5. The second-order valence-corrected chi connectivity index (χ2v) is 7.28. The van der Waals surface area contributed by atoms with Crippen molar-refractivity contribution in [2.75, 3.05) is 17.2 Å². The van der Waals surface area contributed by atoms with Crippen LogP contribution in [0.1, 0.15) is 30.0 Å². The van der Waals surface area contributed by atoms with E-state index in [2.05, 4.69) is 37.5 Å². The van der Waals surface area contributed by atoms with Crippen LogP contribution < -0.4 is 10.6 Å². The molecule has 7 nitrogen and oxygen atoms in total. The van der Waals surface area contributed by atoms with Crippen molar-refractivity contribution in [2.24, 2.45) is 0 Å². The molecule has 1 aromatic carbocycles. The summed E-state index contributed by atoms with van der Waals surface area (Å²) in [5.41, 5.74) is 2.22. The predicted molar refractivity (Wildman–Crippen MR) is 116 cm³/mol. The van der Waals surface area contributed by atoms with Crippen LogP contribution in [0, 0.1) is 0 Å². The molecular formula is C22H22F3N7. The van der Waals surface area contributed by atoms with Gasteiger partial charge in [-0.05, 0) is 35.7 Å². The SMILES string of the molecule is CCCNc1nc(NCc2cccnc2)nc2c1ncn2Cc1ccc(C(F)(F)F)cc1. The zero-order valence-corrected chi connectivity index (χ0v) is 17.4. The highest BCUT2D eigenvalue weighted by molar-refractivity contribution is 5.84. The third kappa shape index (κ3) is 4.96. The van der Waals surface area contributed by atoms with E-state index in [9.17, 15) is 13.2 Å². The van der Waals surface area contributed by atoms with Crippen molar-refractivity contribution in [2.45, 2.75) is 32.6 Å². The van der Waals surface area contributed by atoms with Crippen LogP contribution in [0.4, 0.5) is 24.9 Å². The summed E-state index contributed by atoms with van der Waals surface area (Å²) in [5.74, 6) is 1.03. The van der Waals surface area contributed by atoms with Crippen LogP contribution >= 0.6 is 0 Å². The van der Waals surface area contributed by atoms with Gasteiger partial charge in [-0.2, -0.15) is 23.1 Å².